The van der Waals surface area contributed by atoms with Gasteiger partial charge >= 0.3 is 0 Å². The molecule has 0 aromatic heterocycles. The summed E-state index contributed by atoms with van der Waals surface area (Å²) >= 11 is 0. The van der Waals surface area contributed by atoms with Crippen molar-refractivity contribution in [3.8, 4) is 0 Å². The van der Waals surface area contributed by atoms with Crippen molar-refractivity contribution in [2.75, 3.05) is 26.7 Å². The Morgan fingerprint density at radius 2 is 1.70 bits per heavy atom. The number of fused-ring (bicyclic) bond motifs is 1. The lowest BCUT2D eigenvalue weighted by molar-refractivity contribution is -0.0995. The van der Waals surface area contributed by atoms with Gasteiger partial charge in [0.25, 0.3) is 8.53 Å². The van der Waals surface area contributed by atoms with Gasteiger partial charge in [0.05, 0.1) is 6.10 Å². The third-order valence-electron chi connectivity index (χ3n) is 9.21. The van der Waals surface area contributed by atoms with E-state index in [1.54, 1.807) is 0 Å². The smallest absolute Gasteiger partial charge is 0.259 e. The van der Waals surface area contributed by atoms with Crippen LogP contribution < -0.4 is 0 Å². The van der Waals surface area contributed by atoms with Gasteiger partial charge in [-0.05, 0) is 97.1 Å². The third kappa shape index (κ3) is 9.14. The lowest BCUT2D eigenvalue weighted by Gasteiger charge is -2.58. The largest absolute Gasteiger partial charge is 0.318 e. The molecule has 0 bridgehead atoms. The molecule has 0 N–H and O–H groups in total. The number of hydrogen-bond donors (Lipinski definition) is 0. The summed E-state index contributed by atoms with van der Waals surface area (Å²) in [6.45, 7) is 25.5. The Kier molecular flexibility index (Phi) is 14.9. The minimum absolute atomic E-state index is 0.259. The van der Waals surface area contributed by atoms with E-state index < -0.39 is 8.53 Å². The van der Waals surface area contributed by atoms with Crippen LogP contribution >= 0.6 is 8.53 Å². The van der Waals surface area contributed by atoms with Gasteiger partial charge < -0.3 is 18.8 Å². The van der Waals surface area contributed by atoms with Crippen LogP contribution in [0.2, 0.25) is 0 Å². The maximum absolute atomic E-state index is 7.20. The van der Waals surface area contributed by atoms with E-state index in [1.807, 2.05) is 0 Å². The van der Waals surface area contributed by atoms with Crippen LogP contribution in [0.3, 0.4) is 0 Å². The predicted octanol–water partition coefficient (Wildman–Crippen LogP) is 8.94. The van der Waals surface area contributed by atoms with Crippen molar-refractivity contribution in [1.29, 1.82) is 0 Å². The van der Waals surface area contributed by atoms with Crippen molar-refractivity contribution in [2.45, 2.75) is 150 Å². The second kappa shape index (κ2) is 16.8. The maximum Gasteiger partial charge on any atom is 0.259 e. The molecule has 6 atom stereocenters. The van der Waals surface area contributed by atoms with Crippen LogP contribution in [-0.2, 0) is 9.05 Å². The van der Waals surface area contributed by atoms with E-state index in [1.165, 1.54) is 77.2 Å². The van der Waals surface area contributed by atoms with Gasteiger partial charge in [0.2, 0.25) is 6.54 Å². The zero-order valence-electron chi connectivity index (χ0n) is 25.7. The Balaban J connectivity index is 2.18. The second-order valence-electron chi connectivity index (χ2n) is 12.6. The minimum Gasteiger partial charge on any atom is -0.318 e. The molecule has 37 heavy (non-hydrogen) atoms. The number of rotatable bonds is 17. The first kappa shape index (κ1) is 33.0. The molecule has 0 aliphatic heterocycles. The lowest BCUT2D eigenvalue weighted by atomic mass is 9.53. The summed E-state index contributed by atoms with van der Waals surface area (Å²) in [4.78, 5) is 6.27. The first-order valence-corrected chi connectivity index (χ1v) is 16.8. The van der Waals surface area contributed by atoms with E-state index in [2.05, 4.69) is 69.9 Å². The SMILES string of the molecule is [C-]#[N+]CCOP(OC1CC[C@]2(C)C(N(C)CCCCCCC)CCC[C@H]2[C@@H]1CCC)N(C(C)C)C(C)C. The van der Waals surface area contributed by atoms with Crippen molar-refractivity contribution in [3.63, 3.8) is 0 Å². The molecule has 0 aromatic carbocycles. The van der Waals surface area contributed by atoms with Gasteiger partial charge in [0.1, 0.15) is 6.61 Å². The normalized spacial score (nSPS) is 29.2. The molecule has 5 nitrogen and oxygen atoms in total. The van der Waals surface area contributed by atoms with Crippen molar-refractivity contribution in [1.82, 2.24) is 9.57 Å². The molecule has 2 aliphatic carbocycles. The van der Waals surface area contributed by atoms with Crippen molar-refractivity contribution < 1.29 is 9.05 Å². The van der Waals surface area contributed by atoms with Crippen LogP contribution in [0.1, 0.15) is 126 Å². The van der Waals surface area contributed by atoms with E-state index in [4.69, 9.17) is 15.6 Å². The van der Waals surface area contributed by atoms with Crippen LogP contribution in [0.4, 0.5) is 0 Å². The van der Waals surface area contributed by atoms with Gasteiger partial charge in [-0.15, -0.1) is 0 Å². The topological polar surface area (TPSA) is 29.3 Å². The molecular formula is C31H60N3O2P. The van der Waals surface area contributed by atoms with E-state index >= 15 is 0 Å². The number of nitrogens with zero attached hydrogens (tertiary/aromatic N) is 3. The van der Waals surface area contributed by atoms with Crippen LogP contribution in [-0.4, -0.2) is 60.5 Å². The summed E-state index contributed by atoms with van der Waals surface area (Å²) in [7, 11) is 1.23. The average Bonchev–Trinajstić information content (AvgIpc) is 2.84. The Labute approximate surface area is 232 Å². The molecule has 2 saturated carbocycles. The highest BCUT2D eigenvalue weighted by molar-refractivity contribution is 7.44. The molecular weight excluding hydrogens is 477 g/mol. The van der Waals surface area contributed by atoms with Gasteiger partial charge in [0, 0.05) is 18.1 Å². The first-order chi connectivity index (χ1) is 17.7. The molecule has 0 heterocycles. The van der Waals surface area contributed by atoms with E-state index in [0.717, 1.165) is 12.3 Å². The molecule has 3 unspecified atom stereocenters. The fraction of sp³-hybridized carbons (Fsp3) is 0.968. The van der Waals surface area contributed by atoms with Crippen LogP contribution in [0.25, 0.3) is 4.85 Å². The summed E-state index contributed by atoms with van der Waals surface area (Å²) in [5.74, 6) is 1.32. The lowest BCUT2D eigenvalue weighted by Crippen LogP contribution is -2.57. The maximum atomic E-state index is 7.20. The molecule has 0 amide bonds. The molecule has 6 heteroatoms. The van der Waals surface area contributed by atoms with Gasteiger partial charge in [-0.1, -0.05) is 59.3 Å². The Morgan fingerprint density at radius 3 is 2.32 bits per heavy atom. The van der Waals surface area contributed by atoms with Crippen LogP contribution in [0, 0.1) is 23.8 Å². The van der Waals surface area contributed by atoms with Crippen molar-refractivity contribution in [2.24, 2.45) is 17.3 Å². The summed E-state index contributed by atoms with van der Waals surface area (Å²) in [5.41, 5.74) is 0.375. The Bertz CT molecular complexity index is 661. The zero-order valence-corrected chi connectivity index (χ0v) is 26.6. The predicted molar refractivity (Wildman–Crippen MR) is 160 cm³/mol. The number of hydrogen-bond acceptors (Lipinski definition) is 4. The minimum atomic E-state index is -1.17. The molecule has 2 fully saturated rings. The summed E-state index contributed by atoms with van der Waals surface area (Å²) in [5, 5.41) is 0. The Hall–Kier alpha value is -0.240. The van der Waals surface area contributed by atoms with Crippen LogP contribution in [0.5, 0.6) is 0 Å². The standard InChI is InChI=1S/C31H60N3O2P/c1-10-12-13-14-15-23-33(9)30-19-16-18-28-27(17-11-2)29(20-21-31(28,30)7)36-37(35-24-22-32-8)34(25(3)4)26(5)6/h25-30H,10-24H2,1-7,9H3/t27-,28-,29?,30?,31-,37?/m0/s1. The molecule has 0 radical (unpaired) electrons. The van der Waals surface area contributed by atoms with Gasteiger partial charge in [0.15, 0.2) is 0 Å². The summed E-state index contributed by atoms with van der Waals surface area (Å²) in [6, 6.07) is 1.39. The molecule has 2 rings (SSSR count). The quantitative estimate of drug-likeness (QED) is 0.105. The van der Waals surface area contributed by atoms with E-state index in [-0.39, 0.29) is 6.10 Å². The van der Waals surface area contributed by atoms with Gasteiger partial charge in [-0.25, -0.2) is 11.2 Å². The highest BCUT2D eigenvalue weighted by Crippen LogP contribution is 2.58. The van der Waals surface area contributed by atoms with Crippen molar-refractivity contribution in [3.05, 3.63) is 11.4 Å². The molecule has 0 aromatic rings. The third-order valence-corrected chi connectivity index (χ3v) is 11.4. The molecule has 0 saturated heterocycles. The van der Waals surface area contributed by atoms with Crippen molar-refractivity contribution >= 4 is 8.53 Å². The second-order valence-corrected chi connectivity index (χ2v) is 14.0. The Morgan fingerprint density at radius 1 is 1.00 bits per heavy atom. The fourth-order valence-electron chi connectivity index (χ4n) is 7.52. The van der Waals surface area contributed by atoms with E-state index in [9.17, 15) is 0 Å². The fourth-order valence-corrected chi connectivity index (χ4v) is 9.31. The summed E-state index contributed by atoms with van der Waals surface area (Å²) < 4.78 is 15.8. The molecule has 2 aliphatic rings. The van der Waals surface area contributed by atoms with Gasteiger partial charge in [-0.2, -0.15) is 0 Å². The summed E-state index contributed by atoms with van der Waals surface area (Å²) in [6.07, 6.45) is 15.9. The molecule has 0 spiro atoms. The average molecular weight is 538 g/mol. The van der Waals surface area contributed by atoms with Gasteiger partial charge in [-0.3, -0.25) is 0 Å². The van der Waals surface area contributed by atoms with E-state index in [0.29, 0.717) is 42.6 Å². The highest BCUT2D eigenvalue weighted by Gasteiger charge is 2.53. The first-order valence-electron chi connectivity index (χ1n) is 15.6. The highest BCUT2D eigenvalue weighted by atomic mass is 31.2. The van der Waals surface area contributed by atoms with Crippen LogP contribution in [0.15, 0.2) is 0 Å². The zero-order chi connectivity index (χ0) is 27.4. The number of unbranched alkanes of at least 4 members (excludes halogenated alkanes) is 4. The molecule has 216 valence electrons. The monoisotopic (exact) mass is 537 g/mol.